The third-order valence-electron chi connectivity index (χ3n) is 6.07. The number of carbonyl (C=O) groups excluding carboxylic acids is 2. The highest BCUT2D eigenvalue weighted by atomic mass is 32.1. The van der Waals surface area contributed by atoms with E-state index < -0.39 is 5.91 Å². The molecule has 5 aromatic rings. The van der Waals surface area contributed by atoms with E-state index in [0.29, 0.717) is 21.7 Å². The highest BCUT2D eigenvalue weighted by molar-refractivity contribution is 7.15. The van der Waals surface area contributed by atoms with Crippen molar-refractivity contribution >= 4 is 50.2 Å². The average Bonchev–Trinajstić information content (AvgIpc) is 3.47. The summed E-state index contributed by atoms with van der Waals surface area (Å²) in [6.45, 7) is 2.46. The molecule has 0 unspecified atom stereocenters. The number of nitrogens with one attached hydrogen (secondary N) is 2. The van der Waals surface area contributed by atoms with Crippen LogP contribution >= 0.6 is 11.3 Å². The molecule has 2 aromatic carbocycles. The van der Waals surface area contributed by atoms with Crippen molar-refractivity contribution in [2.24, 2.45) is 5.73 Å². The predicted molar refractivity (Wildman–Crippen MR) is 134 cm³/mol. The Kier molecular flexibility index (Phi) is 5.24. The molecule has 0 saturated heterocycles. The Labute approximate surface area is 204 Å². The first kappa shape index (κ1) is 21.4. The summed E-state index contributed by atoms with van der Waals surface area (Å²) in [5.41, 5.74) is 9.83. The maximum atomic E-state index is 13.0. The number of anilines is 1. The van der Waals surface area contributed by atoms with Crippen molar-refractivity contribution in [3.63, 3.8) is 0 Å². The smallest absolute Gasteiger partial charge is 0.284 e. The Morgan fingerprint density at radius 3 is 2.91 bits per heavy atom. The fourth-order valence-electron chi connectivity index (χ4n) is 4.39. The number of nitrogens with zero attached hydrogens (tertiary/aromatic N) is 4. The third-order valence-corrected chi connectivity index (χ3v) is 7.07. The van der Waals surface area contributed by atoms with Gasteiger partial charge in [0.25, 0.3) is 11.8 Å². The monoisotopic (exact) mass is 483 g/mol. The van der Waals surface area contributed by atoms with Crippen LogP contribution in [0.25, 0.3) is 21.9 Å². The van der Waals surface area contributed by atoms with Gasteiger partial charge in [0, 0.05) is 42.5 Å². The normalized spacial score (nSPS) is 13.7. The average molecular weight is 484 g/mol. The Morgan fingerprint density at radius 2 is 2.03 bits per heavy atom. The maximum Gasteiger partial charge on any atom is 0.284 e. The molecule has 2 amide bonds. The molecule has 9 nitrogen and oxygen atoms in total. The van der Waals surface area contributed by atoms with E-state index in [1.807, 2.05) is 24.4 Å². The number of rotatable bonds is 5. The lowest BCUT2D eigenvalue weighted by molar-refractivity contribution is 0.0989. The van der Waals surface area contributed by atoms with E-state index in [2.05, 4.69) is 42.3 Å². The van der Waals surface area contributed by atoms with Crippen molar-refractivity contribution in [1.82, 2.24) is 24.8 Å². The predicted octanol–water partition coefficient (Wildman–Crippen LogP) is 3.48. The minimum absolute atomic E-state index is 0.0201. The molecular weight excluding hydrogens is 462 g/mol. The van der Waals surface area contributed by atoms with Crippen LogP contribution < -0.4 is 11.1 Å². The van der Waals surface area contributed by atoms with Gasteiger partial charge in [-0.15, -0.1) is 11.3 Å². The number of hydrogen-bond acceptors (Lipinski definition) is 7. The van der Waals surface area contributed by atoms with Gasteiger partial charge >= 0.3 is 0 Å². The van der Waals surface area contributed by atoms with E-state index in [0.717, 1.165) is 47.5 Å². The van der Waals surface area contributed by atoms with Crippen LogP contribution in [0.15, 0.2) is 54.7 Å². The fraction of sp³-hybridized carbons (Fsp3) is 0.160. The van der Waals surface area contributed by atoms with Crippen LogP contribution in [0.5, 0.6) is 0 Å². The largest absolute Gasteiger partial charge is 0.363 e. The van der Waals surface area contributed by atoms with Gasteiger partial charge in [0.1, 0.15) is 5.52 Å². The summed E-state index contributed by atoms with van der Waals surface area (Å²) in [5.74, 6) is -0.987. The number of H-pyrrole nitrogens is 1. The first-order valence-electron chi connectivity index (χ1n) is 11.2. The van der Waals surface area contributed by atoms with Crippen molar-refractivity contribution in [1.29, 1.82) is 0 Å². The van der Waals surface area contributed by atoms with Crippen LogP contribution in [0.1, 0.15) is 37.1 Å². The lowest BCUT2D eigenvalue weighted by Gasteiger charge is -2.25. The summed E-state index contributed by atoms with van der Waals surface area (Å²) in [6.07, 6.45) is 2.76. The molecule has 0 spiro atoms. The van der Waals surface area contributed by atoms with Gasteiger partial charge in [-0.1, -0.05) is 24.3 Å². The number of para-hydroxylation sites is 2. The molecule has 0 fully saturated rings. The van der Waals surface area contributed by atoms with E-state index in [-0.39, 0.29) is 11.7 Å². The fourth-order valence-corrected chi connectivity index (χ4v) is 5.44. The van der Waals surface area contributed by atoms with Crippen molar-refractivity contribution in [3.8, 4) is 0 Å². The number of benzene rings is 2. The lowest BCUT2D eigenvalue weighted by atomic mass is 10.1. The number of pyridine rings is 1. The summed E-state index contributed by atoms with van der Waals surface area (Å²) >= 11 is 1.49. The van der Waals surface area contributed by atoms with Crippen LogP contribution in [0.4, 0.5) is 5.13 Å². The Hall–Kier alpha value is -4.15. The standard InChI is InChI=1S/C25H21N7O2S/c26-22(33)23-28-19-7-3-5-16(21(19)30-23)24(34)31-25-29-18-8-9-32(13-20(18)35-25)12-14-10-15-4-1-2-6-17(15)27-11-14/h1-7,10-11H,8-9,12-13H2,(H2,26,33)(H,28,30)(H,29,31,34). The first-order chi connectivity index (χ1) is 17.0. The van der Waals surface area contributed by atoms with Crippen LogP contribution in [-0.2, 0) is 19.5 Å². The molecule has 10 heteroatoms. The summed E-state index contributed by atoms with van der Waals surface area (Å²) in [6, 6.07) is 15.4. The number of hydrogen-bond donors (Lipinski definition) is 3. The molecule has 0 bridgehead atoms. The number of aromatic nitrogens is 4. The van der Waals surface area contributed by atoms with Crippen LogP contribution in [-0.4, -0.2) is 43.2 Å². The van der Waals surface area contributed by atoms with Gasteiger partial charge in [-0.2, -0.15) is 0 Å². The Balaban J connectivity index is 1.17. The summed E-state index contributed by atoms with van der Waals surface area (Å²) in [7, 11) is 0. The number of aromatic amines is 1. The van der Waals surface area contributed by atoms with Crippen molar-refractivity contribution in [3.05, 3.63) is 82.3 Å². The minimum atomic E-state index is -0.677. The van der Waals surface area contributed by atoms with Crippen LogP contribution in [0.2, 0.25) is 0 Å². The molecule has 4 heterocycles. The summed E-state index contributed by atoms with van der Waals surface area (Å²) in [4.78, 5) is 44.2. The molecule has 0 radical (unpaired) electrons. The molecule has 6 rings (SSSR count). The quantitative estimate of drug-likeness (QED) is 0.351. The zero-order valence-electron chi connectivity index (χ0n) is 18.6. The molecule has 1 aliphatic rings. The molecule has 35 heavy (non-hydrogen) atoms. The lowest BCUT2D eigenvalue weighted by Crippen LogP contribution is -2.29. The minimum Gasteiger partial charge on any atom is -0.363 e. The van der Waals surface area contributed by atoms with Gasteiger partial charge in [-0.25, -0.2) is 9.97 Å². The number of imidazole rings is 1. The number of primary amides is 1. The number of fused-ring (bicyclic) bond motifs is 3. The van der Waals surface area contributed by atoms with Gasteiger partial charge < -0.3 is 10.7 Å². The van der Waals surface area contributed by atoms with E-state index in [1.165, 1.54) is 16.9 Å². The van der Waals surface area contributed by atoms with E-state index >= 15 is 0 Å². The SMILES string of the molecule is NC(=O)c1nc2c(C(=O)Nc3nc4c(s3)CN(Cc3cnc5ccccc5c3)CC4)cccc2[nH]1. The van der Waals surface area contributed by atoms with E-state index in [4.69, 9.17) is 5.73 Å². The molecule has 0 saturated carbocycles. The van der Waals surface area contributed by atoms with Crippen LogP contribution in [0.3, 0.4) is 0 Å². The molecule has 4 N–H and O–H groups in total. The second-order valence-corrected chi connectivity index (χ2v) is 9.57. The second-order valence-electron chi connectivity index (χ2n) is 8.49. The van der Waals surface area contributed by atoms with Crippen molar-refractivity contribution < 1.29 is 9.59 Å². The van der Waals surface area contributed by atoms with Gasteiger partial charge in [0.2, 0.25) is 0 Å². The number of thiazole rings is 1. The van der Waals surface area contributed by atoms with E-state index in [1.54, 1.807) is 18.2 Å². The third kappa shape index (κ3) is 4.13. The highest BCUT2D eigenvalue weighted by Gasteiger charge is 2.23. The topological polar surface area (TPSA) is 130 Å². The van der Waals surface area contributed by atoms with Gasteiger partial charge in [0.15, 0.2) is 11.0 Å². The van der Waals surface area contributed by atoms with Crippen LogP contribution in [0, 0.1) is 0 Å². The number of amides is 2. The zero-order chi connectivity index (χ0) is 23.9. The van der Waals surface area contributed by atoms with E-state index in [9.17, 15) is 9.59 Å². The Morgan fingerprint density at radius 1 is 1.14 bits per heavy atom. The molecule has 0 atom stereocenters. The number of nitrogens with two attached hydrogens (primary N) is 1. The molecule has 3 aromatic heterocycles. The molecular formula is C25H21N7O2S. The second kappa shape index (κ2) is 8.57. The van der Waals surface area contributed by atoms with Gasteiger partial charge in [-0.3, -0.25) is 24.8 Å². The first-order valence-corrected chi connectivity index (χ1v) is 12.0. The molecule has 174 valence electrons. The van der Waals surface area contributed by atoms with Gasteiger partial charge in [-0.05, 0) is 29.8 Å². The molecule has 1 aliphatic heterocycles. The Bertz CT molecular complexity index is 1610. The molecule has 0 aliphatic carbocycles. The summed E-state index contributed by atoms with van der Waals surface area (Å²) < 4.78 is 0. The summed E-state index contributed by atoms with van der Waals surface area (Å²) in [5, 5.41) is 4.59. The highest BCUT2D eigenvalue weighted by Crippen LogP contribution is 2.30. The van der Waals surface area contributed by atoms with Gasteiger partial charge in [0.05, 0.1) is 22.3 Å². The van der Waals surface area contributed by atoms with Crippen molar-refractivity contribution in [2.75, 3.05) is 11.9 Å². The number of carbonyl (C=O) groups is 2. The maximum absolute atomic E-state index is 13.0. The zero-order valence-corrected chi connectivity index (χ0v) is 19.4. The van der Waals surface area contributed by atoms with Crippen molar-refractivity contribution in [2.45, 2.75) is 19.5 Å².